The van der Waals surface area contributed by atoms with Crippen LogP contribution in [0.15, 0.2) is 29.2 Å². The Balaban J connectivity index is 2.44. The Morgan fingerprint density at radius 2 is 2.14 bits per heavy atom. The molecule has 1 fully saturated rings. The Hall–Kier alpha value is -1.40. The lowest BCUT2D eigenvalue weighted by molar-refractivity contribution is -0.141. The molecule has 0 bridgehead atoms. The lowest BCUT2D eigenvalue weighted by Crippen LogP contribution is -2.37. The standard InChI is InChI=1S/C14H15ClO5S/c1-20-14(17)13(9-5-6-11(16)7-9)21(18,19)12-4-2-3-10(15)8-12/h2-4,8-9,13H,5-7H2,1H3. The molecule has 0 spiro atoms. The fraction of sp³-hybridized carbons (Fsp3) is 0.429. The molecule has 0 radical (unpaired) electrons. The summed E-state index contributed by atoms with van der Waals surface area (Å²) in [4.78, 5) is 23.3. The highest BCUT2D eigenvalue weighted by molar-refractivity contribution is 7.92. The summed E-state index contributed by atoms with van der Waals surface area (Å²) < 4.78 is 30.1. The number of carbonyl (C=O) groups is 2. The van der Waals surface area contributed by atoms with E-state index in [1.165, 1.54) is 18.2 Å². The highest BCUT2D eigenvalue weighted by atomic mass is 35.5. The number of hydrogen-bond donors (Lipinski definition) is 0. The highest BCUT2D eigenvalue weighted by Gasteiger charge is 2.44. The van der Waals surface area contributed by atoms with Crippen molar-refractivity contribution in [1.29, 1.82) is 0 Å². The van der Waals surface area contributed by atoms with Gasteiger partial charge in [0.2, 0.25) is 0 Å². The van der Waals surface area contributed by atoms with Crippen molar-refractivity contribution in [3.05, 3.63) is 29.3 Å². The van der Waals surface area contributed by atoms with Crippen molar-refractivity contribution >= 4 is 33.2 Å². The quantitative estimate of drug-likeness (QED) is 0.789. The van der Waals surface area contributed by atoms with Crippen LogP contribution in [0.25, 0.3) is 0 Å². The van der Waals surface area contributed by atoms with E-state index in [2.05, 4.69) is 4.74 Å². The third-order valence-corrected chi connectivity index (χ3v) is 6.00. The fourth-order valence-electron chi connectivity index (χ4n) is 2.58. The van der Waals surface area contributed by atoms with Gasteiger partial charge in [-0.25, -0.2) is 8.42 Å². The van der Waals surface area contributed by atoms with Gasteiger partial charge in [0.15, 0.2) is 15.1 Å². The predicted molar refractivity (Wildman–Crippen MR) is 76.8 cm³/mol. The van der Waals surface area contributed by atoms with Crippen molar-refractivity contribution in [1.82, 2.24) is 0 Å². The molecule has 5 nitrogen and oxygen atoms in total. The van der Waals surface area contributed by atoms with Crippen LogP contribution in [0, 0.1) is 5.92 Å². The van der Waals surface area contributed by atoms with Crippen LogP contribution in [0.5, 0.6) is 0 Å². The molecule has 1 aliphatic carbocycles. The minimum Gasteiger partial charge on any atom is -0.468 e. The van der Waals surface area contributed by atoms with Crippen LogP contribution >= 0.6 is 11.6 Å². The number of hydrogen-bond acceptors (Lipinski definition) is 5. The number of sulfone groups is 1. The average Bonchev–Trinajstić information content (AvgIpc) is 2.84. The number of methoxy groups -OCH3 is 1. The number of benzene rings is 1. The van der Waals surface area contributed by atoms with Gasteiger partial charge >= 0.3 is 5.97 Å². The molecule has 1 saturated carbocycles. The van der Waals surface area contributed by atoms with Crippen molar-refractivity contribution in [3.63, 3.8) is 0 Å². The predicted octanol–water partition coefficient (Wildman–Crippen LogP) is 2.02. The first-order valence-electron chi connectivity index (χ1n) is 6.45. The van der Waals surface area contributed by atoms with Crippen LogP contribution in [0.3, 0.4) is 0 Å². The maximum atomic E-state index is 12.7. The summed E-state index contributed by atoms with van der Waals surface area (Å²) in [6, 6.07) is 5.73. The SMILES string of the molecule is COC(=O)C(C1CCC(=O)C1)S(=O)(=O)c1cccc(Cl)c1. The van der Waals surface area contributed by atoms with Gasteiger partial charge in [-0.1, -0.05) is 17.7 Å². The van der Waals surface area contributed by atoms with E-state index in [1.54, 1.807) is 6.07 Å². The molecule has 2 unspecified atom stereocenters. The molecule has 0 amide bonds. The van der Waals surface area contributed by atoms with Crippen molar-refractivity contribution in [3.8, 4) is 0 Å². The molecule has 0 N–H and O–H groups in total. The Kier molecular flexibility index (Phi) is 4.68. The van der Waals surface area contributed by atoms with E-state index in [9.17, 15) is 18.0 Å². The lowest BCUT2D eigenvalue weighted by atomic mass is 10.0. The van der Waals surface area contributed by atoms with Gasteiger partial charge in [-0.2, -0.15) is 0 Å². The Labute approximate surface area is 128 Å². The molecule has 2 rings (SSSR count). The van der Waals surface area contributed by atoms with Gasteiger partial charge in [0.05, 0.1) is 12.0 Å². The van der Waals surface area contributed by atoms with Gasteiger partial charge in [0.1, 0.15) is 5.78 Å². The molecule has 7 heteroatoms. The van der Waals surface area contributed by atoms with Crippen LogP contribution in [-0.2, 0) is 24.2 Å². The van der Waals surface area contributed by atoms with Crippen molar-refractivity contribution in [2.45, 2.75) is 29.4 Å². The molecule has 1 aromatic carbocycles. The number of rotatable bonds is 4. The molecular weight excluding hydrogens is 316 g/mol. The number of esters is 1. The normalized spacial score (nSPS) is 20.3. The highest BCUT2D eigenvalue weighted by Crippen LogP contribution is 2.33. The van der Waals surface area contributed by atoms with E-state index in [0.29, 0.717) is 12.8 Å². The van der Waals surface area contributed by atoms with Crippen LogP contribution in [0.2, 0.25) is 5.02 Å². The summed E-state index contributed by atoms with van der Waals surface area (Å²) in [6.07, 6.45) is 0.751. The van der Waals surface area contributed by atoms with E-state index < -0.39 is 27.0 Å². The van der Waals surface area contributed by atoms with Crippen LogP contribution < -0.4 is 0 Å². The smallest absolute Gasteiger partial charge is 0.324 e. The Morgan fingerprint density at radius 1 is 1.43 bits per heavy atom. The summed E-state index contributed by atoms with van der Waals surface area (Å²) in [5, 5.41) is -1.10. The van der Waals surface area contributed by atoms with Crippen LogP contribution in [0.4, 0.5) is 0 Å². The largest absolute Gasteiger partial charge is 0.468 e. The molecule has 0 aromatic heterocycles. The van der Waals surface area contributed by atoms with Crippen molar-refractivity contribution in [2.75, 3.05) is 7.11 Å². The second kappa shape index (κ2) is 6.15. The van der Waals surface area contributed by atoms with Gasteiger partial charge < -0.3 is 4.74 Å². The molecular formula is C14H15ClO5S. The lowest BCUT2D eigenvalue weighted by Gasteiger charge is -2.20. The van der Waals surface area contributed by atoms with Crippen molar-refractivity contribution in [2.24, 2.45) is 5.92 Å². The van der Waals surface area contributed by atoms with Crippen LogP contribution in [-0.4, -0.2) is 32.5 Å². The van der Waals surface area contributed by atoms with E-state index >= 15 is 0 Å². The summed E-state index contributed by atoms with van der Waals surface area (Å²) in [7, 11) is -2.81. The summed E-state index contributed by atoms with van der Waals surface area (Å²) in [6.45, 7) is 0. The average molecular weight is 331 g/mol. The minimum absolute atomic E-state index is 0.0322. The third kappa shape index (κ3) is 3.27. The topological polar surface area (TPSA) is 77.5 Å². The van der Waals surface area contributed by atoms with E-state index in [1.807, 2.05) is 0 Å². The van der Waals surface area contributed by atoms with Gasteiger partial charge in [-0.15, -0.1) is 0 Å². The summed E-state index contributed by atoms with van der Waals surface area (Å²) in [5.74, 6) is -1.42. The zero-order valence-corrected chi connectivity index (χ0v) is 13.0. The van der Waals surface area contributed by atoms with Gasteiger partial charge in [-0.05, 0) is 30.5 Å². The zero-order valence-electron chi connectivity index (χ0n) is 11.4. The Morgan fingerprint density at radius 3 is 2.67 bits per heavy atom. The minimum atomic E-state index is -3.95. The first-order chi connectivity index (χ1) is 9.86. The summed E-state index contributed by atoms with van der Waals surface area (Å²) >= 11 is 5.82. The molecule has 2 atom stereocenters. The van der Waals surface area contributed by atoms with Gasteiger partial charge in [-0.3, -0.25) is 9.59 Å². The molecule has 1 aromatic rings. The number of carbonyl (C=O) groups excluding carboxylic acids is 2. The molecule has 0 aliphatic heterocycles. The number of halogens is 1. The number of ether oxygens (including phenoxy) is 1. The van der Waals surface area contributed by atoms with Gasteiger partial charge in [0, 0.05) is 17.9 Å². The monoisotopic (exact) mass is 330 g/mol. The molecule has 114 valence electrons. The Bertz CT molecular complexity index is 668. The molecule has 21 heavy (non-hydrogen) atoms. The maximum absolute atomic E-state index is 12.7. The van der Waals surface area contributed by atoms with Gasteiger partial charge in [0.25, 0.3) is 0 Å². The van der Waals surface area contributed by atoms with E-state index in [4.69, 9.17) is 11.6 Å². The summed E-state index contributed by atoms with van der Waals surface area (Å²) in [5.41, 5.74) is 0. The molecule has 1 aliphatic rings. The maximum Gasteiger partial charge on any atom is 0.324 e. The number of Topliss-reactive ketones (excluding diaryl/α,β-unsaturated/α-hetero) is 1. The van der Waals surface area contributed by atoms with Crippen molar-refractivity contribution < 1.29 is 22.7 Å². The zero-order chi connectivity index (χ0) is 15.6. The van der Waals surface area contributed by atoms with E-state index in [0.717, 1.165) is 7.11 Å². The first kappa shape index (κ1) is 16.0. The van der Waals surface area contributed by atoms with E-state index in [-0.39, 0.29) is 22.1 Å². The third-order valence-electron chi connectivity index (χ3n) is 3.60. The number of ketones is 1. The molecule has 0 heterocycles. The fourth-order valence-corrected chi connectivity index (χ4v) is 4.78. The first-order valence-corrected chi connectivity index (χ1v) is 8.37. The second-order valence-corrected chi connectivity index (χ2v) is 7.49. The second-order valence-electron chi connectivity index (χ2n) is 4.99. The van der Waals surface area contributed by atoms with Crippen LogP contribution in [0.1, 0.15) is 19.3 Å². The molecule has 0 saturated heterocycles.